The van der Waals surface area contributed by atoms with Crippen LogP contribution in [0.2, 0.25) is 0 Å². The molecule has 0 aromatic heterocycles. The number of nitriles is 1. The summed E-state index contributed by atoms with van der Waals surface area (Å²) < 4.78 is 5.15. The van der Waals surface area contributed by atoms with E-state index in [0.717, 1.165) is 18.7 Å². The third kappa shape index (κ3) is 2.63. The maximum Gasteiger partial charge on any atom is 0.136 e. The lowest BCUT2D eigenvalue weighted by Gasteiger charge is -2.23. The van der Waals surface area contributed by atoms with E-state index in [4.69, 9.17) is 15.7 Å². The van der Waals surface area contributed by atoms with Gasteiger partial charge in [0.25, 0.3) is 0 Å². The molecule has 0 radical (unpaired) electrons. The smallest absolute Gasteiger partial charge is 0.136 e. The average Bonchev–Trinajstić information content (AvgIpc) is 2.85. The molecule has 2 rings (SSSR count). The van der Waals surface area contributed by atoms with Gasteiger partial charge in [-0.1, -0.05) is 6.07 Å². The SMILES string of the molecule is COc1ccc(CN2CCCC2CN)cc1C#N. The highest BCUT2D eigenvalue weighted by molar-refractivity contribution is 5.45. The molecule has 96 valence electrons. The van der Waals surface area contributed by atoms with E-state index < -0.39 is 0 Å². The third-order valence-corrected chi connectivity index (χ3v) is 3.54. The van der Waals surface area contributed by atoms with E-state index in [1.54, 1.807) is 7.11 Å². The van der Waals surface area contributed by atoms with Crippen LogP contribution in [0.4, 0.5) is 0 Å². The first-order valence-corrected chi connectivity index (χ1v) is 6.29. The Morgan fingerprint density at radius 2 is 2.39 bits per heavy atom. The maximum atomic E-state index is 9.07. The molecule has 18 heavy (non-hydrogen) atoms. The summed E-state index contributed by atoms with van der Waals surface area (Å²) >= 11 is 0. The van der Waals surface area contributed by atoms with Crippen molar-refractivity contribution in [2.75, 3.05) is 20.2 Å². The lowest BCUT2D eigenvalue weighted by Crippen LogP contribution is -2.34. The molecule has 1 fully saturated rings. The normalized spacial score (nSPS) is 19.7. The number of hydrogen-bond acceptors (Lipinski definition) is 4. The van der Waals surface area contributed by atoms with Gasteiger partial charge in [0.15, 0.2) is 0 Å². The van der Waals surface area contributed by atoms with Crippen LogP contribution in [0.25, 0.3) is 0 Å². The molecule has 0 bridgehead atoms. The lowest BCUT2D eigenvalue weighted by atomic mass is 10.1. The molecule has 0 amide bonds. The van der Waals surface area contributed by atoms with Crippen LogP contribution in [0, 0.1) is 11.3 Å². The van der Waals surface area contributed by atoms with Gasteiger partial charge in [0.1, 0.15) is 11.8 Å². The molecule has 1 aliphatic rings. The van der Waals surface area contributed by atoms with Crippen molar-refractivity contribution in [2.45, 2.75) is 25.4 Å². The number of nitrogens with two attached hydrogens (primary N) is 1. The molecule has 0 spiro atoms. The summed E-state index contributed by atoms with van der Waals surface area (Å²) in [6.45, 7) is 2.66. The Bertz CT molecular complexity index is 453. The van der Waals surface area contributed by atoms with Crippen LogP contribution in [0.15, 0.2) is 18.2 Å². The van der Waals surface area contributed by atoms with Crippen LogP contribution in [0.1, 0.15) is 24.0 Å². The molecule has 1 aliphatic heterocycles. The first kappa shape index (κ1) is 12.9. The zero-order valence-electron chi connectivity index (χ0n) is 10.7. The molecule has 0 saturated carbocycles. The first-order chi connectivity index (χ1) is 8.78. The minimum absolute atomic E-state index is 0.484. The fraction of sp³-hybridized carbons (Fsp3) is 0.500. The molecule has 4 nitrogen and oxygen atoms in total. The van der Waals surface area contributed by atoms with Crippen molar-refractivity contribution >= 4 is 0 Å². The summed E-state index contributed by atoms with van der Waals surface area (Å²) in [6, 6.07) is 8.44. The maximum absolute atomic E-state index is 9.07. The topological polar surface area (TPSA) is 62.3 Å². The van der Waals surface area contributed by atoms with Gasteiger partial charge in [-0.05, 0) is 37.1 Å². The van der Waals surface area contributed by atoms with Gasteiger partial charge in [0.05, 0.1) is 12.7 Å². The summed E-state index contributed by atoms with van der Waals surface area (Å²) in [5.41, 5.74) is 7.51. The van der Waals surface area contributed by atoms with Gasteiger partial charge in [-0.15, -0.1) is 0 Å². The Kier molecular flexibility index (Phi) is 4.19. The zero-order chi connectivity index (χ0) is 13.0. The number of ether oxygens (including phenoxy) is 1. The van der Waals surface area contributed by atoms with E-state index in [1.165, 1.54) is 12.8 Å². The van der Waals surface area contributed by atoms with E-state index >= 15 is 0 Å². The van der Waals surface area contributed by atoms with Crippen LogP contribution >= 0.6 is 0 Å². The summed E-state index contributed by atoms with van der Waals surface area (Å²) in [5.74, 6) is 0.637. The average molecular weight is 245 g/mol. The molecular weight excluding hydrogens is 226 g/mol. The van der Waals surface area contributed by atoms with Crippen molar-refractivity contribution in [3.05, 3.63) is 29.3 Å². The fourth-order valence-corrected chi connectivity index (χ4v) is 2.55. The molecule has 2 N–H and O–H groups in total. The van der Waals surface area contributed by atoms with Crippen molar-refractivity contribution in [1.82, 2.24) is 4.90 Å². The second-order valence-corrected chi connectivity index (χ2v) is 4.65. The molecule has 1 heterocycles. The molecule has 1 unspecified atom stereocenters. The van der Waals surface area contributed by atoms with Crippen molar-refractivity contribution in [3.63, 3.8) is 0 Å². The number of benzene rings is 1. The van der Waals surface area contributed by atoms with Crippen LogP contribution in [0.3, 0.4) is 0 Å². The van der Waals surface area contributed by atoms with Gasteiger partial charge >= 0.3 is 0 Å². The number of rotatable bonds is 4. The van der Waals surface area contributed by atoms with Gasteiger partial charge in [-0.2, -0.15) is 5.26 Å². The third-order valence-electron chi connectivity index (χ3n) is 3.54. The molecule has 1 aromatic rings. The van der Waals surface area contributed by atoms with E-state index in [2.05, 4.69) is 11.0 Å². The molecular formula is C14H19N3O. The summed E-state index contributed by atoms with van der Waals surface area (Å²) in [6.07, 6.45) is 2.39. The van der Waals surface area contributed by atoms with Crippen molar-refractivity contribution in [2.24, 2.45) is 5.73 Å². The summed E-state index contributed by atoms with van der Waals surface area (Å²) in [4.78, 5) is 2.39. The molecule has 1 aromatic carbocycles. The molecule has 1 saturated heterocycles. The van der Waals surface area contributed by atoms with Gasteiger partial charge in [-0.25, -0.2) is 0 Å². The molecule has 0 aliphatic carbocycles. The number of methoxy groups -OCH3 is 1. The summed E-state index contributed by atoms with van der Waals surface area (Å²) in [7, 11) is 1.58. The van der Waals surface area contributed by atoms with Gasteiger partial charge in [0.2, 0.25) is 0 Å². The Balaban J connectivity index is 2.12. The highest BCUT2D eigenvalue weighted by atomic mass is 16.5. The van der Waals surface area contributed by atoms with E-state index in [1.807, 2.05) is 18.2 Å². The number of nitrogens with zero attached hydrogens (tertiary/aromatic N) is 2. The molecule has 4 heteroatoms. The second kappa shape index (κ2) is 5.85. The number of hydrogen-bond donors (Lipinski definition) is 1. The highest BCUT2D eigenvalue weighted by Crippen LogP contribution is 2.23. The Labute approximate surface area is 108 Å². The van der Waals surface area contributed by atoms with Gasteiger partial charge in [-0.3, -0.25) is 4.90 Å². The van der Waals surface area contributed by atoms with Gasteiger partial charge < -0.3 is 10.5 Å². The first-order valence-electron chi connectivity index (χ1n) is 6.29. The van der Waals surface area contributed by atoms with Crippen molar-refractivity contribution in [1.29, 1.82) is 5.26 Å². The highest BCUT2D eigenvalue weighted by Gasteiger charge is 2.23. The Hall–Kier alpha value is -1.57. The lowest BCUT2D eigenvalue weighted by molar-refractivity contribution is 0.250. The van der Waals surface area contributed by atoms with E-state index in [0.29, 0.717) is 23.9 Å². The quantitative estimate of drug-likeness (QED) is 0.873. The van der Waals surface area contributed by atoms with Crippen LogP contribution < -0.4 is 10.5 Å². The minimum Gasteiger partial charge on any atom is -0.495 e. The van der Waals surface area contributed by atoms with Crippen LogP contribution in [-0.4, -0.2) is 31.1 Å². The largest absolute Gasteiger partial charge is 0.495 e. The van der Waals surface area contributed by atoms with Crippen molar-refractivity contribution in [3.8, 4) is 11.8 Å². The van der Waals surface area contributed by atoms with E-state index in [9.17, 15) is 0 Å². The minimum atomic E-state index is 0.484. The Morgan fingerprint density at radius 1 is 1.56 bits per heavy atom. The molecule has 1 atom stereocenters. The fourth-order valence-electron chi connectivity index (χ4n) is 2.55. The monoisotopic (exact) mass is 245 g/mol. The van der Waals surface area contributed by atoms with Crippen molar-refractivity contribution < 1.29 is 4.74 Å². The number of likely N-dealkylation sites (tertiary alicyclic amines) is 1. The predicted molar refractivity (Wildman–Crippen MR) is 70.2 cm³/mol. The standard InChI is InChI=1S/C14H19N3O/c1-18-14-5-4-11(7-12(14)8-15)10-17-6-2-3-13(17)9-16/h4-5,7,13H,2-3,6,9-10,16H2,1H3. The van der Waals surface area contributed by atoms with Crippen LogP contribution in [0.5, 0.6) is 5.75 Å². The zero-order valence-corrected chi connectivity index (χ0v) is 10.7. The van der Waals surface area contributed by atoms with Gasteiger partial charge in [0, 0.05) is 19.1 Å². The summed E-state index contributed by atoms with van der Waals surface area (Å²) in [5, 5.41) is 9.07. The second-order valence-electron chi connectivity index (χ2n) is 4.65. The Morgan fingerprint density at radius 3 is 3.06 bits per heavy atom. The predicted octanol–water partition coefficient (Wildman–Crippen LogP) is 1.49. The van der Waals surface area contributed by atoms with Crippen LogP contribution in [-0.2, 0) is 6.54 Å². The van der Waals surface area contributed by atoms with E-state index in [-0.39, 0.29) is 0 Å².